The Morgan fingerprint density at radius 3 is 2.83 bits per heavy atom. The second-order valence-electron chi connectivity index (χ2n) is 5.42. The Morgan fingerprint density at radius 2 is 2.09 bits per heavy atom. The SMILES string of the molecule is CC[C@H](O)c1cc(OCc2ccccc2)cc2c1OCC(=O)N2. The van der Waals surface area contributed by atoms with Crippen LogP contribution in [0.1, 0.15) is 30.6 Å². The van der Waals surface area contributed by atoms with E-state index in [1.54, 1.807) is 12.1 Å². The molecule has 2 aromatic carbocycles. The summed E-state index contributed by atoms with van der Waals surface area (Å²) in [5.41, 5.74) is 2.21. The molecule has 0 aliphatic carbocycles. The predicted molar refractivity (Wildman–Crippen MR) is 86.6 cm³/mol. The molecule has 0 saturated carbocycles. The lowest BCUT2D eigenvalue weighted by Gasteiger charge is -2.24. The minimum Gasteiger partial charge on any atom is -0.489 e. The summed E-state index contributed by atoms with van der Waals surface area (Å²) in [6, 6.07) is 13.3. The van der Waals surface area contributed by atoms with Gasteiger partial charge in [-0.3, -0.25) is 4.79 Å². The second kappa shape index (κ2) is 6.71. The average molecular weight is 313 g/mol. The maximum atomic E-state index is 11.5. The van der Waals surface area contributed by atoms with Crippen LogP contribution in [0.4, 0.5) is 5.69 Å². The molecular weight excluding hydrogens is 294 g/mol. The Labute approximate surface area is 134 Å². The van der Waals surface area contributed by atoms with E-state index in [0.29, 0.717) is 35.8 Å². The lowest BCUT2D eigenvalue weighted by atomic mass is 10.0. The lowest BCUT2D eigenvalue weighted by Crippen LogP contribution is -2.26. The number of amides is 1. The summed E-state index contributed by atoms with van der Waals surface area (Å²) in [5, 5.41) is 13.0. The molecule has 23 heavy (non-hydrogen) atoms. The van der Waals surface area contributed by atoms with Crippen molar-refractivity contribution in [1.29, 1.82) is 0 Å². The number of rotatable bonds is 5. The molecule has 1 heterocycles. The first-order valence-corrected chi connectivity index (χ1v) is 7.62. The molecular formula is C18H19NO4. The second-order valence-corrected chi connectivity index (χ2v) is 5.42. The number of anilines is 1. The van der Waals surface area contributed by atoms with Crippen molar-refractivity contribution in [2.75, 3.05) is 11.9 Å². The largest absolute Gasteiger partial charge is 0.489 e. The summed E-state index contributed by atoms with van der Waals surface area (Å²) >= 11 is 0. The monoisotopic (exact) mass is 313 g/mol. The zero-order valence-electron chi connectivity index (χ0n) is 12.9. The number of carbonyl (C=O) groups is 1. The number of hydrogen-bond acceptors (Lipinski definition) is 4. The molecule has 3 rings (SSSR count). The van der Waals surface area contributed by atoms with Gasteiger partial charge in [-0.25, -0.2) is 0 Å². The Bertz CT molecular complexity index is 700. The first-order chi connectivity index (χ1) is 11.2. The molecule has 1 aliphatic heterocycles. The molecule has 5 heteroatoms. The molecule has 1 atom stereocenters. The molecule has 0 radical (unpaired) electrons. The van der Waals surface area contributed by atoms with Crippen LogP contribution in [-0.4, -0.2) is 17.6 Å². The van der Waals surface area contributed by atoms with E-state index < -0.39 is 6.10 Å². The first kappa shape index (κ1) is 15.4. The van der Waals surface area contributed by atoms with Gasteiger partial charge in [-0.2, -0.15) is 0 Å². The Hall–Kier alpha value is -2.53. The van der Waals surface area contributed by atoms with Gasteiger partial charge >= 0.3 is 0 Å². The minimum atomic E-state index is -0.668. The van der Waals surface area contributed by atoms with Crippen molar-refractivity contribution < 1.29 is 19.4 Å². The maximum absolute atomic E-state index is 11.5. The highest BCUT2D eigenvalue weighted by Gasteiger charge is 2.23. The van der Waals surface area contributed by atoms with Gasteiger partial charge in [-0.1, -0.05) is 37.3 Å². The van der Waals surface area contributed by atoms with Gasteiger partial charge in [0.2, 0.25) is 0 Å². The molecule has 0 saturated heterocycles. The minimum absolute atomic E-state index is 0.0410. The van der Waals surface area contributed by atoms with Crippen LogP contribution in [0, 0.1) is 0 Å². The van der Waals surface area contributed by atoms with E-state index in [4.69, 9.17) is 9.47 Å². The van der Waals surface area contributed by atoms with Gasteiger partial charge in [0.25, 0.3) is 5.91 Å². The number of nitrogens with one attached hydrogen (secondary N) is 1. The van der Waals surface area contributed by atoms with Gasteiger partial charge < -0.3 is 19.9 Å². The third-order valence-electron chi connectivity index (χ3n) is 3.71. The van der Waals surface area contributed by atoms with E-state index in [9.17, 15) is 9.90 Å². The van der Waals surface area contributed by atoms with Crippen molar-refractivity contribution in [3.8, 4) is 11.5 Å². The highest BCUT2D eigenvalue weighted by atomic mass is 16.5. The van der Waals surface area contributed by atoms with E-state index in [1.807, 2.05) is 37.3 Å². The first-order valence-electron chi connectivity index (χ1n) is 7.62. The zero-order chi connectivity index (χ0) is 16.2. The van der Waals surface area contributed by atoms with Gasteiger partial charge in [0.1, 0.15) is 18.1 Å². The van der Waals surface area contributed by atoms with Crippen LogP contribution in [0.3, 0.4) is 0 Å². The molecule has 0 fully saturated rings. The van der Waals surface area contributed by atoms with Crippen LogP contribution < -0.4 is 14.8 Å². The van der Waals surface area contributed by atoms with Crippen LogP contribution >= 0.6 is 0 Å². The van der Waals surface area contributed by atoms with Gasteiger partial charge in [-0.15, -0.1) is 0 Å². The predicted octanol–water partition coefficient (Wildman–Crippen LogP) is 3.04. The van der Waals surface area contributed by atoms with Crippen LogP contribution in [0.5, 0.6) is 11.5 Å². The number of ether oxygens (including phenoxy) is 2. The molecule has 2 aromatic rings. The number of aliphatic hydroxyl groups excluding tert-OH is 1. The Kier molecular flexibility index (Phi) is 4.48. The van der Waals surface area contributed by atoms with E-state index in [0.717, 1.165) is 5.56 Å². The number of aliphatic hydroxyl groups is 1. The molecule has 5 nitrogen and oxygen atoms in total. The highest BCUT2D eigenvalue weighted by molar-refractivity contribution is 5.96. The maximum Gasteiger partial charge on any atom is 0.262 e. The number of hydrogen-bond donors (Lipinski definition) is 2. The molecule has 0 spiro atoms. The van der Waals surface area contributed by atoms with Crippen molar-refractivity contribution in [3.63, 3.8) is 0 Å². The smallest absolute Gasteiger partial charge is 0.262 e. The molecule has 2 N–H and O–H groups in total. The van der Waals surface area contributed by atoms with Crippen LogP contribution in [0.15, 0.2) is 42.5 Å². The average Bonchev–Trinajstić information content (AvgIpc) is 2.59. The van der Waals surface area contributed by atoms with Gasteiger partial charge in [-0.05, 0) is 18.1 Å². The van der Waals surface area contributed by atoms with Crippen molar-refractivity contribution in [1.82, 2.24) is 0 Å². The molecule has 0 bridgehead atoms. The third-order valence-corrected chi connectivity index (χ3v) is 3.71. The third kappa shape index (κ3) is 3.46. The Balaban J connectivity index is 1.88. The highest BCUT2D eigenvalue weighted by Crippen LogP contribution is 2.40. The van der Waals surface area contributed by atoms with E-state index in [2.05, 4.69) is 5.32 Å². The van der Waals surface area contributed by atoms with Gasteiger partial charge in [0.15, 0.2) is 6.61 Å². The summed E-state index contributed by atoms with van der Waals surface area (Å²) in [4.78, 5) is 11.5. The van der Waals surface area contributed by atoms with Crippen molar-refractivity contribution in [2.45, 2.75) is 26.1 Å². The molecule has 120 valence electrons. The van der Waals surface area contributed by atoms with E-state index >= 15 is 0 Å². The topological polar surface area (TPSA) is 67.8 Å². The summed E-state index contributed by atoms with van der Waals surface area (Å²) in [6.07, 6.45) is -0.120. The van der Waals surface area contributed by atoms with Crippen molar-refractivity contribution in [3.05, 3.63) is 53.6 Å². The standard InChI is InChI=1S/C18H19NO4/c1-2-16(20)14-8-13(22-10-12-6-4-3-5-7-12)9-15-18(14)23-11-17(21)19-15/h3-9,16,20H,2,10-11H2,1H3,(H,19,21)/t16-/m0/s1. The fourth-order valence-electron chi connectivity index (χ4n) is 2.49. The van der Waals surface area contributed by atoms with Gasteiger partial charge in [0.05, 0.1) is 11.8 Å². The molecule has 0 unspecified atom stereocenters. The number of fused-ring (bicyclic) bond motifs is 1. The fraction of sp³-hybridized carbons (Fsp3) is 0.278. The summed E-state index contributed by atoms with van der Waals surface area (Å²) in [7, 11) is 0. The van der Waals surface area contributed by atoms with Crippen molar-refractivity contribution in [2.24, 2.45) is 0 Å². The fourth-order valence-corrected chi connectivity index (χ4v) is 2.49. The zero-order valence-corrected chi connectivity index (χ0v) is 12.9. The van der Waals surface area contributed by atoms with Gasteiger partial charge in [0, 0.05) is 11.6 Å². The molecule has 0 aromatic heterocycles. The van der Waals surface area contributed by atoms with E-state index in [1.165, 1.54) is 0 Å². The summed E-state index contributed by atoms with van der Waals surface area (Å²) in [6.45, 7) is 2.26. The van der Waals surface area contributed by atoms with E-state index in [-0.39, 0.29) is 12.5 Å². The number of carbonyl (C=O) groups excluding carboxylic acids is 1. The normalized spacial score (nSPS) is 14.4. The van der Waals surface area contributed by atoms with Crippen LogP contribution in [0.2, 0.25) is 0 Å². The van der Waals surface area contributed by atoms with Crippen LogP contribution in [0.25, 0.3) is 0 Å². The molecule has 1 amide bonds. The van der Waals surface area contributed by atoms with Crippen molar-refractivity contribution >= 4 is 11.6 Å². The van der Waals surface area contributed by atoms with Crippen LogP contribution in [-0.2, 0) is 11.4 Å². The quantitative estimate of drug-likeness (QED) is 0.890. The molecule has 1 aliphatic rings. The lowest BCUT2D eigenvalue weighted by molar-refractivity contribution is -0.118. The summed E-state index contributed by atoms with van der Waals surface area (Å²) < 4.78 is 11.3. The number of benzene rings is 2. The Morgan fingerprint density at radius 1 is 1.30 bits per heavy atom. The summed E-state index contributed by atoms with van der Waals surface area (Å²) in [5.74, 6) is 0.890.